The first kappa shape index (κ1) is 16.0. The summed E-state index contributed by atoms with van der Waals surface area (Å²) in [5.41, 5.74) is -1.49. The fourth-order valence-corrected chi connectivity index (χ4v) is 1.33. The summed E-state index contributed by atoms with van der Waals surface area (Å²) in [6.07, 6.45) is 0. The first-order chi connectivity index (χ1) is 9.01. The molecule has 0 amide bonds. The van der Waals surface area contributed by atoms with Crippen molar-refractivity contribution in [1.29, 1.82) is 0 Å². The highest BCUT2D eigenvalue weighted by atomic mass is 16.6. The van der Waals surface area contributed by atoms with Crippen molar-refractivity contribution in [2.45, 2.75) is 45.8 Å². The molecule has 0 aromatic heterocycles. The second-order valence-corrected chi connectivity index (χ2v) is 5.94. The van der Waals surface area contributed by atoms with Gasteiger partial charge in [0, 0.05) is 0 Å². The zero-order valence-electron chi connectivity index (χ0n) is 12.4. The second-order valence-electron chi connectivity index (χ2n) is 5.94. The molecule has 0 atom stereocenters. The number of carboxylic acid groups (broad SMARTS) is 1. The van der Waals surface area contributed by atoms with E-state index in [9.17, 15) is 9.59 Å². The molecule has 0 bridgehead atoms. The summed E-state index contributed by atoms with van der Waals surface area (Å²) in [5, 5.41) is 8.97. The van der Waals surface area contributed by atoms with Gasteiger partial charge in [-0.15, -0.1) is 0 Å². The lowest BCUT2D eigenvalue weighted by molar-refractivity contribution is -0.152. The number of hydrogen-bond donors (Lipinski definition) is 1. The van der Waals surface area contributed by atoms with Gasteiger partial charge in [-0.05, 0) is 58.9 Å². The number of carbonyl (C=O) groups is 2. The van der Waals surface area contributed by atoms with Gasteiger partial charge in [-0.3, -0.25) is 0 Å². The van der Waals surface area contributed by atoms with Gasteiger partial charge in [-0.1, -0.05) is 0 Å². The van der Waals surface area contributed by atoms with Crippen molar-refractivity contribution in [2.24, 2.45) is 0 Å². The standard InChI is InChI=1S/C15H20O5/c1-14(2,3)20-12(16)10-6-8-11(9-7-10)19-15(4,5)13(17)18/h6-9H,1-5H3,(H,17,18). The number of hydrogen-bond acceptors (Lipinski definition) is 4. The van der Waals surface area contributed by atoms with Crippen LogP contribution in [0.25, 0.3) is 0 Å². The number of ether oxygens (including phenoxy) is 2. The Labute approximate surface area is 118 Å². The average Bonchev–Trinajstić information content (AvgIpc) is 2.26. The summed E-state index contributed by atoms with van der Waals surface area (Å²) < 4.78 is 10.6. The molecule has 1 aromatic rings. The molecule has 5 heteroatoms. The molecule has 0 fully saturated rings. The second kappa shape index (κ2) is 5.53. The Bertz CT molecular complexity index is 494. The molecule has 0 aliphatic rings. The number of aliphatic carboxylic acids is 1. The number of esters is 1. The number of carboxylic acids is 1. The van der Waals surface area contributed by atoms with Crippen molar-refractivity contribution < 1.29 is 24.2 Å². The van der Waals surface area contributed by atoms with E-state index in [1.165, 1.54) is 13.8 Å². The predicted molar refractivity (Wildman–Crippen MR) is 74.0 cm³/mol. The maximum atomic E-state index is 11.8. The molecular formula is C15H20O5. The minimum Gasteiger partial charge on any atom is -0.478 e. The van der Waals surface area contributed by atoms with Gasteiger partial charge in [0.15, 0.2) is 5.60 Å². The van der Waals surface area contributed by atoms with E-state index in [1.807, 2.05) is 0 Å². The van der Waals surface area contributed by atoms with Crippen LogP contribution in [0.3, 0.4) is 0 Å². The van der Waals surface area contributed by atoms with Crippen molar-refractivity contribution in [3.05, 3.63) is 29.8 Å². The Morgan fingerprint density at radius 1 is 1.00 bits per heavy atom. The van der Waals surface area contributed by atoms with E-state index in [-0.39, 0.29) is 0 Å². The van der Waals surface area contributed by atoms with Crippen LogP contribution >= 0.6 is 0 Å². The average molecular weight is 280 g/mol. The summed E-state index contributed by atoms with van der Waals surface area (Å²) in [6, 6.07) is 6.18. The van der Waals surface area contributed by atoms with Gasteiger partial charge in [0.2, 0.25) is 0 Å². The van der Waals surface area contributed by atoms with Gasteiger partial charge in [-0.2, -0.15) is 0 Å². The molecule has 1 aromatic carbocycles. The lowest BCUT2D eigenvalue weighted by Gasteiger charge is -2.22. The summed E-state index contributed by atoms with van der Waals surface area (Å²) in [4.78, 5) is 22.8. The number of rotatable bonds is 4. The molecule has 0 radical (unpaired) electrons. The molecule has 20 heavy (non-hydrogen) atoms. The summed E-state index contributed by atoms with van der Waals surface area (Å²) in [7, 11) is 0. The quantitative estimate of drug-likeness (QED) is 0.858. The molecule has 110 valence electrons. The molecular weight excluding hydrogens is 260 g/mol. The molecule has 1 N–H and O–H groups in total. The van der Waals surface area contributed by atoms with Crippen LogP contribution in [-0.2, 0) is 9.53 Å². The van der Waals surface area contributed by atoms with Crippen LogP contribution in [0.2, 0.25) is 0 Å². The molecule has 0 saturated carbocycles. The van der Waals surface area contributed by atoms with Gasteiger partial charge in [0.25, 0.3) is 0 Å². The summed E-state index contributed by atoms with van der Waals surface area (Å²) in [5.74, 6) is -1.11. The minimum absolute atomic E-state index is 0.379. The smallest absolute Gasteiger partial charge is 0.347 e. The third-order valence-electron chi connectivity index (χ3n) is 2.38. The summed E-state index contributed by atoms with van der Waals surface area (Å²) in [6.45, 7) is 8.28. The topological polar surface area (TPSA) is 72.8 Å². The van der Waals surface area contributed by atoms with Gasteiger partial charge in [-0.25, -0.2) is 9.59 Å². The Hall–Kier alpha value is -2.04. The molecule has 0 saturated heterocycles. The molecule has 0 unspecified atom stereocenters. The van der Waals surface area contributed by atoms with E-state index in [2.05, 4.69) is 0 Å². The Kier molecular flexibility index (Phi) is 4.43. The fourth-order valence-electron chi connectivity index (χ4n) is 1.33. The highest BCUT2D eigenvalue weighted by Gasteiger charge is 2.29. The van der Waals surface area contributed by atoms with Crippen LogP contribution in [0.5, 0.6) is 5.75 Å². The van der Waals surface area contributed by atoms with Crippen molar-refractivity contribution >= 4 is 11.9 Å². The molecule has 1 rings (SSSR count). The Morgan fingerprint density at radius 3 is 1.90 bits per heavy atom. The van der Waals surface area contributed by atoms with Crippen molar-refractivity contribution in [1.82, 2.24) is 0 Å². The number of benzene rings is 1. The van der Waals surface area contributed by atoms with Crippen molar-refractivity contribution in [3.63, 3.8) is 0 Å². The van der Waals surface area contributed by atoms with E-state index in [4.69, 9.17) is 14.6 Å². The van der Waals surface area contributed by atoms with Crippen molar-refractivity contribution in [2.75, 3.05) is 0 Å². The van der Waals surface area contributed by atoms with E-state index >= 15 is 0 Å². The van der Waals surface area contributed by atoms with Crippen LogP contribution in [0.15, 0.2) is 24.3 Å². The zero-order chi connectivity index (χ0) is 15.6. The van der Waals surface area contributed by atoms with Gasteiger partial charge in [0.05, 0.1) is 5.56 Å². The maximum absolute atomic E-state index is 11.8. The third-order valence-corrected chi connectivity index (χ3v) is 2.38. The van der Waals surface area contributed by atoms with Crippen molar-refractivity contribution in [3.8, 4) is 5.75 Å². The largest absolute Gasteiger partial charge is 0.478 e. The Morgan fingerprint density at radius 2 is 1.50 bits per heavy atom. The van der Waals surface area contributed by atoms with Crippen LogP contribution in [-0.4, -0.2) is 28.2 Å². The van der Waals surface area contributed by atoms with E-state index in [0.717, 1.165) is 0 Å². The first-order valence-electron chi connectivity index (χ1n) is 6.27. The fraction of sp³-hybridized carbons (Fsp3) is 0.467. The number of carbonyl (C=O) groups excluding carboxylic acids is 1. The van der Waals surface area contributed by atoms with Crippen LogP contribution in [0, 0.1) is 0 Å². The first-order valence-corrected chi connectivity index (χ1v) is 6.27. The normalized spacial score (nSPS) is 11.8. The third kappa shape index (κ3) is 4.57. The minimum atomic E-state index is -1.33. The lowest BCUT2D eigenvalue weighted by Crippen LogP contribution is -2.37. The van der Waals surface area contributed by atoms with Gasteiger partial charge < -0.3 is 14.6 Å². The SMILES string of the molecule is CC(C)(C)OC(=O)c1ccc(OC(C)(C)C(=O)O)cc1. The highest BCUT2D eigenvalue weighted by molar-refractivity contribution is 5.89. The van der Waals surface area contributed by atoms with Crippen LogP contribution < -0.4 is 4.74 Å². The molecule has 0 aliphatic heterocycles. The molecule has 0 spiro atoms. The van der Waals surface area contributed by atoms with Gasteiger partial charge >= 0.3 is 11.9 Å². The van der Waals surface area contributed by atoms with E-state index in [1.54, 1.807) is 45.0 Å². The van der Waals surface area contributed by atoms with Crippen LogP contribution in [0.1, 0.15) is 45.0 Å². The van der Waals surface area contributed by atoms with Gasteiger partial charge in [0.1, 0.15) is 11.4 Å². The monoisotopic (exact) mass is 280 g/mol. The molecule has 0 aliphatic carbocycles. The van der Waals surface area contributed by atoms with E-state index in [0.29, 0.717) is 11.3 Å². The highest BCUT2D eigenvalue weighted by Crippen LogP contribution is 2.20. The molecule has 0 heterocycles. The zero-order valence-corrected chi connectivity index (χ0v) is 12.4. The summed E-state index contributed by atoms with van der Waals surface area (Å²) >= 11 is 0. The van der Waals surface area contributed by atoms with Crippen LogP contribution in [0.4, 0.5) is 0 Å². The lowest BCUT2D eigenvalue weighted by atomic mass is 10.1. The van der Waals surface area contributed by atoms with E-state index < -0.39 is 23.1 Å². The Balaban J connectivity index is 2.80. The predicted octanol–water partition coefficient (Wildman–Crippen LogP) is 2.88. The maximum Gasteiger partial charge on any atom is 0.347 e. The molecule has 5 nitrogen and oxygen atoms in total.